The zero-order valence-corrected chi connectivity index (χ0v) is 15.7. The predicted molar refractivity (Wildman–Crippen MR) is 108 cm³/mol. The van der Waals surface area contributed by atoms with E-state index < -0.39 is 0 Å². The van der Waals surface area contributed by atoms with Crippen LogP contribution in [0.25, 0.3) is 6.08 Å². The number of carbonyl (C=O) groups excluding carboxylic acids is 1. The van der Waals surface area contributed by atoms with Crippen molar-refractivity contribution in [3.63, 3.8) is 0 Å². The van der Waals surface area contributed by atoms with Crippen molar-refractivity contribution in [2.24, 2.45) is 0 Å². The zero-order chi connectivity index (χ0) is 18.2. The Bertz CT molecular complexity index is 732. The number of rotatable bonds is 6. The molecular weight excluding hydrogens is 344 g/mol. The third kappa shape index (κ3) is 6.01. The molecule has 1 fully saturated rings. The van der Waals surface area contributed by atoms with Crippen LogP contribution in [0.15, 0.2) is 54.6 Å². The smallest absolute Gasteiger partial charge is 0.244 e. The van der Waals surface area contributed by atoms with Gasteiger partial charge in [-0.05, 0) is 60.8 Å². The minimum atomic E-state index is -0.0997. The van der Waals surface area contributed by atoms with Gasteiger partial charge in [0.15, 0.2) is 0 Å². The molecule has 1 aliphatic rings. The molecule has 1 saturated heterocycles. The summed E-state index contributed by atoms with van der Waals surface area (Å²) in [5.74, 6) is -0.0997. The van der Waals surface area contributed by atoms with Crippen LogP contribution in [0.1, 0.15) is 36.0 Å². The molecule has 2 aromatic carbocycles. The van der Waals surface area contributed by atoms with E-state index in [9.17, 15) is 4.79 Å². The fourth-order valence-electron chi connectivity index (χ4n) is 3.13. The van der Waals surface area contributed by atoms with E-state index in [0.717, 1.165) is 17.7 Å². The van der Waals surface area contributed by atoms with Gasteiger partial charge in [-0.15, -0.1) is 0 Å². The third-order valence-corrected chi connectivity index (χ3v) is 4.89. The van der Waals surface area contributed by atoms with Crippen molar-refractivity contribution in [3.05, 3.63) is 76.3 Å². The first-order valence-electron chi connectivity index (χ1n) is 9.21. The second-order valence-corrected chi connectivity index (χ2v) is 7.19. The number of hydrogen-bond acceptors (Lipinski definition) is 2. The average Bonchev–Trinajstić information content (AvgIpc) is 2.68. The molecule has 2 aromatic rings. The number of hydrogen-bond donors (Lipinski definition) is 1. The molecule has 0 unspecified atom stereocenters. The Hall–Kier alpha value is -2.10. The second-order valence-electron chi connectivity index (χ2n) is 6.76. The maximum atomic E-state index is 12.0. The van der Waals surface area contributed by atoms with Crippen molar-refractivity contribution in [3.8, 4) is 0 Å². The summed E-state index contributed by atoms with van der Waals surface area (Å²) >= 11 is 5.85. The molecule has 0 bridgehead atoms. The van der Waals surface area contributed by atoms with Crippen molar-refractivity contribution < 1.29 is 4.79 Å². The highest BCUT2D eigenvalue weighted by molar-refractivity contribution is 6.30. The number of nitrogens with one attached hydrogen (secondary N) is 1. The Balaban J connectivity index is 1.45. The van der Waals surface area contributed by atoms with E-state index in [1.54, 1.807) is 12.2 Å². The largest absolute Gasteiger partial charge is 0.348 e. The Kier molecular flexibility index (Phi) is 6.87. The predicted octanol–water partition coefficient (Wildman–Crippen LogP) is 4.66. The van der Waals surface area contributed by atoms with Crippen molar-refractivity contribution in [2.45, 2.75) is 32.4 Å². The molecule has 0 spiro atoms. The standard InChI is InChI=1S/C22H25ClN2O/c23-21-11-8-18(9-12-21)10-13-22(26)24-16-19-4-6-20(7-5-19)17-25-14-2-1-3-15-25/h4-13H,1-3,14-17H2,(H,24,26)/b13-10+. The highest BCUT2D eigenvalue weighted by atomic mass is 35.5. The molecule has 0 saturated carbocycles. The summed E-state index contributed by atoms with van der Waals surface area (Å²) in [5, 5.41) is 3.61. The Morgan fingerprint density at radius 2 is 1.62 bits per heavy atom. The van der Waals surface area contributed by atoms with E-state index in [1.165, 1.54) is 37.9 Å². The number of likely N-dealkylation sites (tertiary alicyclic amines) is 1. The van der Waals surface area contributed by atoms with Gasteiger partial charge in [0, 0.05) is 24.2 Å². The van der Waals surface area contributed by atoms with E-state index in [1.807, 2.05) is 24.3 Å². The van der Waals surface area contributed by atoms with Gasteiger partial charge in [0.05, 0.1) is 0 Å². The lowest BCUT2D eigenvalue weighted by molar-refractivity contribution is -0.116. The molecule has 136 valence electrons. The lowest BCUT2D eigenvalue weighted by Gasteiger charge is -2.26. The van der Waals surface area contributed by atoms with Crippen molar-refractivity contribution in [2.75, 3.05) is 13.1 Å². The van der Waals surface area contributed by atoms with Crippen molar-refractivity contribution in [1.29, 1.82) is 0 Å². The summed E-state index contributed by atoms with van der Waals surface area (Å²) in [6.07, 6.45) is 7.32. The molecular formula is C22H25ClN2O. The summed E-state index contributed by atoms with van der Waals surface area (Å²) < 4.78 is 0. The van der Waals surface area contributed by atoms with Crippen LogP contribution in [0.3, 0.4) is 0 Å². The number of benzene rings is 2. The van der Waals surface area contributed by atoms with Gasteiger partial charge >= 0.3 is 0 Å². The third-order valence-electron chi connectivity index (χ3n) is 4.64. The van der Waals surface area contributed by atoms with Gasteiger partial charge in [-0.2, -0.15) is 0 Å². The first-order chi connectivity index (χ1) is 12.7. The average molecular weight is 369 g/mol. The zero-order valence-electron chi connectivity index (χ0n) is 15.0. The lowest BCUT2D eigenvalue weighted by atomic mass is 10.1. The summed E-state index contributed by atoms with van der Waals surface area (Å²) in [6.45, 7) is 3.97. The lowest BCUT2D eigenvalue weighted by Crippen LogP contribution is -2.29. The molecule has 0 radical (unpaired) electrons. The van der Waals surface area contributed by atoms with E-state index in [4.69, 9.17) is 11.6 Å². The molecule has 3 rings (SSSR count). The van der Waals surface area contributed by atoms with E-state index in [2.05, 4.69) is 34.5 Å². The van der Waals surface area contributed by atoms with Crippen LogP contribution in [-0.4, -0.2) is 23.9 Å². The minimum Gasteiger partial charge on any atom is -0.348 e. The van der Waals surface area contributed by atoms with Crippen molar-refractivity contribution in [1.82, 2.24) is 10.2 Å². The molecule has 3 nitrogen and oxygen atoms in total. The summed E-state index contributed by atoms with van der Waals surface area (Å²) in [4.78, 5) is 14.5. The van der Waals surface area contributed by atoms with Gasteiger partial charge in [-0.3, -0.25) is 9.69 Å². The summed E-state index contributed by atoms with van der Waals surface area (Å²) in [7, 11) is 0. The molecule has 1 N–H and O–H groups in total. The van der Waals surface area contributed by atoms with Gasteiger partial charge in [0.1, 0.15) is 0 Å². The van der Waals surface area contributed by atoms with Crippen LogP contribution >= 0.6 is 11.6 Å². The van der Waals surface area contributed by atoms with Crippen molar-refractivity contribution >= 4 is 23.6 Å². The summed E-state index contributed by atoms with van der Waals surface area (Å²) in [5.41, 5.74) is 3.40. The van der Waals surface area contributed by atoms with Crippen LogP contribution in [0.4, 0.5) is 0 Å². The van der Waals surface area contributed by atoms with Crippen LogP contribution < -0.4 is 5.32 Å². The van der Waals surface area contributed by atoms with E-state index >= 15 is 0 Å². The van der Waals surface area contributed by atoms with Crippen LogP contribution in [0.5, 0.6) is 0 Å². The fourth-order valence-corrected chi connectivity index (χ4v) is 3.26. The minimum absolute atomic E-state index is 0.0997. The van der Waals surface area contributed by atoms with Gasteiger partial charge in [0.25, 0.3) is 0 Å². The van der Waals surface area contributed by atoms with Gasteiger partial charge in [0.2, 0.25) is 5.91 Å². The van der Waals surface area contributed by atoms with Crippen LogP contribution in [-0.2, 0) is 17.9 Å². The van der Waals surface area contributed by atoms with Crippen LogP contribution in [0.2, 0.25) is 5.02 Å². The topological polar surface area (TPSA) is 32.3 Å². The number of carbonyl (C=O) groups is 1. The normalized spacial score (nSPS) is 15.3. The number of piperidine rings is 1. The Labute approximate surface area is 160 Å². The highest BCUT2D eigenvalue weighted by Crippen LogP contribution is 2.14. The summed E-state index contributed by atoms with van der Waals surface area (Å²) in [6, 6.07) is 15.9. The van der Waals surface area contributed by atoms with E-state index in [-0.39, 0.29) is 5.91 Å². The number of amides is 1. The Morgan fingerprint density at radius 3 is 2.31 bits per heavy atom. The first kappa shape index (κ1) is 18.7. The maximum Gasteiger partial charge on any atom is 0.244 e. The van der Waals surface area contributed by atoms with Crippen LogP contribution in [0, 0.1) is 0 Å². The SMILES string of the molecule is O=C(/C=C/c1ccc(Cl)cc1)NCc1ccc(CN2CCCCC2)cc1. The Morgan fingerprint density at radius 1 is 0.962 bits per heavy atom. The molecule has 0 aromatic heterocycles. The fraction of sp³-hybridized carbons (Fsp3) is 0.318. The van der Waals surface area contributed by atoms with Gasteiger partial charge in [-0.1, -0.05) is 54.4 Å². The first-order valence-corrected chi connectivity index (χ1v) is 9.58. The number of nitrogens with zero attached hydrogens (tertiary/aromatic N) is 1. The molecule has 1 amide bonds. The number of halogens is 1. The van der Waals surface area contributed by atoms with Gasteiger partial charge in [-0.25, -0.2) is 0 Å². The molecule has 0 atom stereocenters. The highest BCUT2D eigenvalue weighted by Gasteiger charge is 2.10. The molecule has 1 heterocycles. The molecule has 26 heavy (non-hydrogen) atoms. The monoisotopic (exact) mass is 368 g/mol. The second kappa shape index (κ2) is 9.56. The van der Waals surface area contributed by atoms with E-state index in [0.29, 0.717) is 11.6 Å². The maximum absolute atomic E-state index is 12.0. The van der Waals surface area contributed by atoms with Gasteiger partial charge < -0.3 is 5.32 Å². The molecule has 1 aliphatic heterocycles. The quantitative estimate of drug-likeness (QED) is 0.752. The molecule has 0 aliphatic carbocycles. The molecule has 4 heteroatoms.